The summed E-state index contributed by atoms with van der Waals surface area (Å²) in [5, 5.41) is 16.5. The molecule has 0 aliphatic carbocycles. The van der Waals surface area contributed by atoms with Crippen LogP contribution in [-0.4, -0.2) is 42.7 Å². The summed E-state index contributed by atoms with van der Waals surface area (Å²) in [5.74, 6) is 0.258. The van der Waals surface area contributed by atoms with Crippen LogP contribution in [0.1, 0.15) is 17.5 Å². The second kappa shape index (κ2) is 9.05. The van der Waals surface area contributed by atoms with Crippen LogP contribution in [0.2, 0.25) is 5.02 Å². The van der Waals surface area contributed by atoms with E-state index in [1.54, 1.807) is 11.0 Å². The van der Waals surface area contributed by atoms with Gasteiger partial charge in [0.25, 0.3) is 0 Å². The van der Waals surface area contributed by atoms with Gasteiger partial charge in [0.05, 0.1) is 17.6 Å². The molecular formula is C18H21ClN6OS. The summed E-state index contributed by atoms with van der Waals surface area (Å²) in [6.45, 7) is 2.58. The molecule has 0 atom stereocenters. The van der Waals surface area contributed by atoms with Crippen molar-refractivity contribution in [2.75, 3.05) is 12.3 Å². The Morgan fingerprint density at radius 2 is 2.22 bits per heavy atom. The third-order valence-electron chi connectivity index (χ3n) is 4.01. The van der Waals surface area contributed by atoms with Crippen molar-refractivity contribution in [3.8, 4) is 5.69 Å². The van der Waals surface area contributed by atoms with Gasteiger partial charge in [-0.3, -0.25) is 14.0 Å². The Labute approximate surface area is 167 Å². The van der Waals surface area contributed by atoms with Crippen molar-refractivity contribution >= 4 is 29.3 Å². The highest BCUT2D eigenvalue weighted by molar-refractivity contribution is 7.99. The number of aryl methyl sites for hydroxylation is 3. The predicted octanol–water partition coefficient (Wildman–Crippen LogP) is 2.80. The van der Waals surface area contributed by atoms with E-state index in [0.717, 1.165) is 24.1 Å². The zero-order valence-electron chi connectivity index (χ0n) is 15.2. The molecular weight excluding hydrogens is 384 g/mol. The number of carbonyl (C=O) groups excluding carboxylic acids is 1. The van der Waals surface area contributed by atoms with Gasteiger partial charge >= 0.3 is 0 Å². The summed E-state index contributed by atoms with van der Waals surface area (Å²) in [5.41, 5.74) is 3.05. The van der Waals surface area contributed by atoms with Gasteiger partial charge in [-0.15, -0.1) is 10.2 Å². The number of carbonyl (C=O) groups is 1. The molecule has 2 aromatic heterocycles. The number of nitrogens with zero attached hydrogens (tertiary/aromatic N) is 5. The van der Waals surface area contributed by atoms with Crippen LogP contribution in [0, 0.1) is 6.92 Å². The van der Waals surface area contributed by atoms with Crippen molar-refractivity contribution in [3.05, 3.63) is 53.1 Å². The highest BCUT2D eigenvalue weighted by Gasteiger charge is 2.11. The van der Waals surface area contributed by atoms with Crippen molar-refractivity contribution in [1.82, 2.24) is 29.9 Å². The van der Waals surface area contributed by atoms with Gasteiger partial charge < -0.3 is 5.32 Å². The minimum Gasteiger partial charge on any atom is -0.355 e. The first-order valence-electron chi connectivity index (χ1n) is 8.56. The number of rotatable bonds is 8. The topological polar surface area (TPSA) is 77.6 Å². The molecule has 3 aromatic rings. The molecule has 0 bridgehead atoms. The van der Waals surface area contributed by atoms with Crippen molar-refractivity contribution in [3.63, 3.8) is 0 Å². The van der Waals surface area contributed by atoms with Crippen molar-refractivity contribution in [1.29, 1.82) is 0 Å². The van der Waals surface area contributed by atoms with Gasteiger partial charge in [-0.1, -0.05) is 29.4 Å². The number of aromatic nitrogens is 5. The highest BCUT2D eigenvalue weighted by Crippen LogP contribution is 2.23. The summed E-state index contributed by atoms with van der Waals surface area (Å²) >= 11 is 7.54. The van der Waals surface area contributed by atoms with Gasteiger partial charge in [0.15, 0.2) is 5.16 Å². The van der Waals surface area contributed by atoms with Crippen LogP contribution >= 0.6 is 23.4 Å². The first-order valence-corrected chi connectivity index (χ1v) is 9.93. The Hall–Kier alpha value is -2.32. The molecule has 0 aliphatic rings. The molecule has 27 heavy (non-hydrogen) atoms. The van der Waals surface area contributed by atoms with E-state index in [2.05, 4.69) is 20.6 Å². The largest absolute Gasteiger partial charge is 0.355 e. The monoisotopic (exact) mass is 404 g/mol. The van der Waals surface area contributed by atoms with E-state index < -0.39 is 0 Å². The Kier molecular flexibility index (Phi) is 6.52. The number of benzene rings is 1. The Balaban J connectivity index is 1.46. The number of amides is 1. The van der Waals surface area contributed by atoms with E-state index in [9.17, 15) is 4.79 Å². The van der Waals surface area contributed by atoms with Gasteiger partial charge in [-0.2, -0.15) is 5.10 Å². The van der Waals surface area contributed by atoms with Gasteiger partial charge in [-0.25, -0.2) is 0 Å². The van der Waals surface area contributed by atoms with E-state index in [4.69, 9.17) is 11.6 Å². The van der Waals surface area contributed by atoms with Gasteiger partial charge in [0, 0.05) is 24.8 Å². The lowest BCUT2D eigenvalue weighted by atomic mass is 10.2. The molecule has 2 heterocycles. The predicted molar refractivity (Wildman–Crippen MR) is 106 cm³/mol. The molecule has 3 rings (SSSR count). The first kappa shape index (κ1) is 19.4. The molecule has 7 nitrogen and oxygen atoms in total. The molecule has 0 saturated carbocycles. The average Bonchev–Trinajstić information content (AvgIpc) is 3.28. The van der Waals surface area contributed by atoms with Crippen LogP contribution in [0.3, 0.4) is 0 Å². The third-order valence-corrected chi connectivity index (χ3v) is 5.36. The summed E-state index contributed by atoms with van der Waals surface area (Å²) < 4.78 is 3.60. The van der Waals surface area contributed by atoms with Crippen molar-refractivity contribution < 1.29 is 4.79 Å². The number of hydrogen-bond donors (Lipinski definition) is 1. The second-order valence-electron chi connectivity index (χ2n) is 6.18. The van der Waals surface area contributed by atoms with E-state index >= 15 is 0 Å². The second-order valence-corrected chi connectivity index (χ2v) is 7.53. The molecule has 0 unspecified atom stereocenters. The quantitative estimate of drug-likeness (QED) is 0.461. The average molecular weight is 405 g/mol. The smallest absolute Gasteiger partial charge is 0.230 e. The molecule has 0 aliphatic heterocycles. The van der Waals surface area contributed by atoms with Crippen LogP contribution in [0.4, 0.5) is 0 Å². The lowest BCUT2D eigenvalue weighted by Crippen LogP contribution is -2.26. The summed E-state index contributed by atoms with van der Waals surface area (Å²) in [4.78, 5) is 12.1. The molecule has 0 fully saturated rings. The molecule has 1 amide bonds. The lowest BCUT2D eigenvalue weighted by molar-refractivity contribution is -0.118. The van der Waals surface area contributed by atoms with E-state index in [1.165, 1.54) is 17.3 Å². The van der Waals surface area contributed by atoms with E-state index in [-0.39, 0.29) is 11.7 Å². The highest BCUT2D eigenvalue weighted by atomic mass is 35.5. The maximum absolute atomic E-state index is 12.1. The minimum atomic E-state index is -0.0253. The number of hydrogen-bond acceptors (Lipinski definition) is 5. The fourth-order valence-electron chi connectivity index (χ4n) is 2.53. The number of nitrogens with one attached hydrogen (secondary N) is 1. The maximum Gasteiger partial charge on any atom is 0.230 e. The summed E-state index contributed by atoms with van der Waals surface area (Å²) in [6.07, 6.45) is 7.22. The fraction of sp³-hybridized carbons (Fsp3) is 0.333. The molecule has 1 aromatic carbocycles. The maximum atomic E-state index is 12.1. The lowest BCUT2D eigenvalue weighted by Gasteiger charge is -2.08. The number of halogens is 1. The molecule has 0 radical (unpaired) electrons. The SMILES string of the molecule is Cc1ccc(-n2cnnc2SCC(=O)NCCCc2cnn(C)c2)cc1Cl. The van der Waals surface area contributed by atoms with E-state index in [1.807, 2.05) is 49.1 Å². The van der Waals surface area contributed by atoms with Crippen LogP contribution in [0.25, 0.3) is 5.69 Å². The summed E-state index contributed by atoms with van der Waals surface area (Å²) in [6, 6.07) is 5.76. The normalized spacial score (nSPS) is 10.9. The van der Waals surface area contributed by atoms with Gasteiger partial charge in [0.2, 0.25) is 5.91 Å². The van der Waals surface area contributed by atoms with Crippen LogP contribution in [-0.2, 0) is 18.3 Å². The fourth-order valence-corrected chi connectivity index (χ4v) is 3.47. The third kappa shape index (κ3) is 5.33. The Bertz CT molecular complexity index is 922. The molecule has 142 valence electrons. The number of thioether (sulfide) groups is 1. The van der Waals surface area contributed by atoms with Gasteiger partial charge in [-0.05, 0) is 43.0 Å². The van der Waals surface area contributed by atoms with Crippen LogP contribution < -0.4 is 5.32 Å². The van der Waals surface area contributed by atoms with Crippen LogP contribution in [0.15, 0.2) is 42.1 Å². The standard InChI is InChI=1S/C18H21ClN6OS/c1-13-5-6-15(8-16(13)19)25-12-21-23-18(25)27-11-17(26)20-7-3-4-14-9-22-24(2)10-14/h5-6,8-10,12H,3-4,7,11H2,1-2H3,(H,20,26). The zero-order valence-corrected chi connectivity index (χ0v) is 16.8. The summed E-state index contributed by atoms with van der Waals surface area (Å²) in [7, 11) is 1.89. The molecule has 1 N–H and O–H groups in total. The Morgan fingerprint density at radius 3 is 2.96 bits per heavy atom. The molecule has 0 spiro atoms. The first-order chi connectivity index (χ1) is 13.0. The van der Waals surface area contributed by atoms with Gasteiger partial charge in [0.1, 0.15) is 6.33 Å². The van der Waals surface area contributed by atoms with Crippen LogP contribution in [0.5, 0.6) is 0 Å². The molecule has 9 heteroatoms. The van der Waals surface area contributed by atoms with E-state index in [0.29, 0.717) is 16.7 Å². The van der Waals surface area contributed by atoms with Crippen molar-refractivity contribution in [2.45, 2.75) is 24.9 Å². The van der Waals surface area contributed by atoms with Crippen molar-refractivity contribution in [2.24, 2.45) is 7.05 Å². The zero-order chi connectivity index (χ0) is 19.2. The minimum absolute atomic E-state index is 0.0253. The molecule has 0 saturated heterocycles. The Morgan fingerprint density at radius 1 is 1.37 bits per heavy atom.